The molecule has 6 nitrogen and oxygen atoms in total. The molecule has 0 aliphatic carbocycles. The fourth-order valence-corrected chi connectivity index (χ4v) is 2.02. The first-order valence-electron chi connectivity index (χ1n) is 6.99. The molecule has 0 aliphatic heterocycles. The smallest absolute Gasteiger partial charge is 0.243 e. The van der Waals surface area contributed by atoms with E-state index in [9.17, 15) is 4.79 Å². The lowest BCUT2D eigenvalue weighted by Crippen LogP contribution is -2.17. The van der Waals surface area contributed by atoms with Crippen LogP contribution in [0.5, 0.6) is 5.75 Å². The van der Waals surface area contributed by atoms with Crippen molar-refractivity contribution in [2.45, 2.75) is 38.5 Å². The standard InChI is InChI=1S/C15H22N2O4/c1-21-13-10-8-12(9-11-13)14(16-19)6-4-2-3-5-7-15(18)17-20/h8-11,19-20H,2-7H2,1H3,(H,17,18). The van der Waals surface area contributed by atoms with Gasteiger partial charge in [-0.05, 0) is 49.1 Å². The summed E-state index contributed by atoms with van der Waals surface area (Å²) in [6.07, 6.45) is 4.46. The van der Waals surface area contributed by atoms with Gasteiger partial charge in [-0.1, -0.05) is 18.0 Å². The van der Waals surface area contributed by atoms with Crippen LogP contribution < -0.4 is 10.2 Å². The first-order chi connectivity index (χ1) is 10.2. The molecule has 1 rings (SSSR count). The molecule has 0 fully saturated rings. The Morgan fingerprint density at radius 3 is 2.29 bits per heavy atom. The van der Waals surface area contributed by atoms with Crippen LogP contribution in [0.2, 0.25) is 0 Å². The molecule has 0 aliphatic rings. The van der Waals surface area contributed by atoms with E-state index >= 15 is 0 Å². The number of hydrogen-bond donors (Lipinski definition) is 3. The normalized spacial score (nSPS) is 11.2. The van der Waals surface area contributed by atoms with Crippen molar-refractivity contribution in [1.29, 1.82) is 0 Å². The maximum absolute atomic E-state index is 10.8. The van der Waals surface area contributed by atoms with Gasteiger partial charge in [0.05, 0.1) is 12.8 Å². The van der Waals surface area contributed by atoms with E-state index in [2.05, 4.69) is 5.16 Å². The van der Waals surface area contributed by atoms with Crippen LogP contribution in [0.4, 0.5) is 0 Å². The summed E-state index contributed by atoms with van der Waals surface area (Å²) in [4.78, 5) is 10.8. The van der Waals surface area contributed by atoms with Crippen LogP contribution in [0.25, 0.3) is 0 Å². The number of carbonyl (C=O) groups is 1. The second-order valence-electron chi connectivity index (χ2n) is 4.72. The molecule has 0 radical (unpaired) electrons. The predicted octanol–water partition coefficient (Wildman–Crippen LogP) is 2.72. The highest BCUT2D eigenvalue weighted by Crippen LogP contribution is 2.15. The van der Waals surface area contributed by atoms with Crippen LogP contribution in [-0.2, 0) is 4.79 Å². The lowest BCUT2D eigenvalue weighted by atomic mass is 10.0. The number of rotatable bonds is 9. The topological polar surface area (TPSA) is 91.2 Å². The van der Waals surface area contributed by atoms with Crippen LogP contribution in [-0.4, -0.2) is 29.1 Å². The second kappa shape index (κ2) is 9.77. The van der Waals surface area contributed by atoms with Crippen molar-refractivity contribution in [1.82, 2.24) is 5.48 Å². The molecular weight excluding hydrogens is 272 g/mol. The van der Waals surface area contributed by atoms with Gasteiger partial charge < -0.3 is 9.94 Å². The van der Waals surface area contributed by atoms with Gasteiger partial charge in [0.2, 0.25) is 5.91 Å². The Labute approximate surface area is 124 Å². The zero-order valence-corrected chi connectivity index (χ0v) is 12.2. The number of methoxy groups -OCH3 is 1. The summed E-state index contributed by atoms with van der Waals surface area (Å²) in [5.74, 6) is 0.407. The average Bonchev–Trinajstić information content (AvgIpc) is 2.54. The van der Waals surface area contributed by atoms with E-state index in [4.69, 9.17) is 15.2 Å². The van der Waals surface area contributed by atoms with Crippen molar-refractivity contribution >= 4 is 11.6 Å². The highest BCUT2D eigenvalue weighted by Gasteiger charge is 2.05. The van der Waals surface area contributed by atoms with Crippen molar-refractivity contribution < 1.29 is 19.9 Å². The minimum absolute atomic E-state index is 0.329. The van der Waals surface area contributed by atoms with Gasteiger partial charge in [0.1, 0.15) is 5.75 Å². The number of nitrogens with one attached hydrogen (secondary N) is 1. The molecular formula is C15H22N2O4. The Bertz CT molecular complexity index is 457. The molecule has 21 heavy (non-hydrogen) atoms. The van der Waals surface area contributed by atoms with Crippen LogP contribution in [0, 0.1) is 0 Å². The van der Waals surface area contributed by atoms with Crippen molar-refractivity contribution in [2.24, 2.45) is 5.16 Å². The first kappa shape index (κ1) is 17.0. The van der Waals surface area contributed by atoms with Crippen LogP contribution in [0.15, 0.2) is 29.4 Å². The van der Waals surface area contributed by atoms with Gasteiger partial charge in [0.25, 0.3) is 0 Å². The average molecular weight is 294 g/mol. The summed E-state index contributed by atoms with van der Waals surface area (Å²) >= 11 is 0. The molecule has 0 spiro atoms. The third-order valence-electron chi connectivity index (χ3n) is 3.24. The van der Waals surface area contributed by atoms with E-state index in [1.807, 2.05) is 24.3 Å². The van der Waals surface area contributed by atoms with E-state index < -0.39 is 0 Å². The Kier molecular flexibility index (Phi) is 7.89. The monoisotopic (exact) mass is 294 g/mol. The van der Waals surface area contributed by atoms with Crippen molar-refractivity contribution in [3.05, 3.63) is 29.8 Å². The first-order valence-corrected chi connectivity index (χ1v) is 6.99. The Morgan fingerprint density at radius 2 is 1.76 bits per heavy atom. The maximum atomic E-state index is 10.8. The molecule has 3 N–H and O–H groups in total. The van der Waals surface area contributed by atoms with E-state index in [1.165, 1.54) is 0 Å². The van der Waals surface area contributed by atoms with Crippen LogP contribution >= 0.6 is 0 Å². The number of amides is 1. The summed E-state index contributed by atoms with van der Waals surface area (Å²) in [6.45, 7) is 0. The van der Waals surface area contributed by atoms with Crippen molar-refractivity contribution in [3.63, 3.8) is 0 Å². The predicted molar refractivity (Wildman–Crippen MR) is 78.9 cm³/mol. The summed E-state index contributed by atoms with van der Waals surface area (Å²) in [6, 6.07) is 7.38. The highest BCUT2D eigenvalue weighted by molar-refractivity contribution is 6.00. The molecule has 0 saturated heterocycles. The number of hydrogen-bond acceptors (Lipinski definition) is 5. The Balaban J connectivity index is 2.30. The van der Waals surface area contributed by atoms with E-state index in [0.717, 1.165) is 37.0 Å². The van der Waals surface area contributed by atoms with Gasteiger partial charge >= 0.3 is 0 Å². The molecule has 6 heteroatoms. The van der Waals surface area contributed by atoms with E-state index in [-0.39, 0.29) is 5.91 Å². The third kappa shape index (κ3) is 6.27. The van der Waals surface area contributed by atoms with Crippen molar-refractivity contribution in [3.8, 4) is 5.75 Å². The second-order valence-corrected chi connectivity index (χ2v) is 4.72. The summed E-state index contributed by atoms with van der Waals surface area (Å²) in [5, 5.41) is 20.8. The maximum Gasteiger partial charge on any atom is 0.243 e. The molecule has 0 heterocycles. The zero-order chi connectivity index (χ0) is 15.5. The SMILES string of the molecule is COc1ccc(C(CCCCCCC(=O)NO)=NO)cc1. The number of ether oxygens (including phenoxy) is 1. The molecule has 0 aromatic heterocycles. The highest BCUT2D eigenvalue weighted by atomic mass is 16.5. The molecule has 0 saturated carbocycles. The van der Waals surface area contributed by atoms with Crippen LogP contribution in [0.1, 0.15) is 44.1 Å². The number of oxime groups is 1. The Hall–Kier alpha value is -2.08. The van der Waals surface area contributed by atoms with Crippen molar-refractivity contribution in [2.75, 3.05) is 7.11 Å². The quantitative estimate of drug-likeness (QED) is 0.215. The number of nitrogens with zero attached hydrogens (tertiary/aromatic N) is 1. The minimum atomic E-state index is -0.356. The largest absolute Gasteiger partial charge is 0.497 e. The Morgan fingerprint density at radius 1 is 1.14 bits per heavy atom. The van der Waals surface area contributed by atoms with Gasteiger partial charge in [-0.25, -0.2) is 5.48 Å². The number of unbranched alkanes of at least 4 members (excludes halogenated alkanes) is 3. The summed E-state index contributed by atoms with van der Waals surface area (Å²) in [5.41, 5.74) is 3.13. The molecule has 116 valence electrons. The van der Waals surface area contributed by atoms with Gasteiger partial charge in [0, 0.05) is 6.42 Å². The van der Waals surface area contributed by atoms with E-state index in [1.54, 1.807) is 12.6 Å². The molecule has 1 aromatic rings. The lowest BCUT2D eigenvalue weighted by Gasteiger charge is -2.06. The van der Waals surface area contributed by atoms with Gasteiger partial charge in [-0.3, -0.25) is 10.0 Å². The number of hydroxylamine groups is 1. The van der Waals surface area contributed by atoms with E-state index in [0.29, 0.717) is 18.6 Å². The van der Waals surface area contributed by atoms with Gasteiger partial charge in [-0.15, -0.1) is 0 Å². The molecule has 0 unspecified atom stereocenters. The van der Waals surface area contributed by atoms with Gasteiger partial charge in [0.15, 0.2) is 0 Å². The summed E-state index contributed by atoms with van der Waals surface area (Å²) < 4.78 is 5.08. The lowest BCUT2D eigenvalue weighted by molar-refractivity contribution is -0.129. The third-order valence-corrected chi connectivity index (χ3v) is 3.24. The van der Waals surface area contributed by atoms with Gasteiger partial charge in [-0.2, -0.15) is 0 Å². The number of benzene rings is 1. The number of carbonyl (C=O) groups excluding carboxylic acids is 1. The summed E-state index contributed by atoms with van der Waals surface area (Å²) in [7, 11) is 1.60. The molecule has 0 bridgehead atoms. The minimum Gasteiger partial charge on any atom is -0.497 e. The molecule has 1 amide bonds. The molecule has 1 aromatic carbocycles. The fourth-order valence-electron chi connectivity index (χ4n) is 2.02. The fraction of sp³-hybridized carbons (Fsp3) is 0.467. The zero-order valence-electron chi connectivity index (χ0n) is 12.2. The molecule has 0 atom stereocenters. The van der Waals surface area contributed by atoms with Crippen LogP contribution in [0.3, 0.4) is 0 Å².